The van der Waals surface area contributed by atoms with Gasteiger partial charge in [-0.3, -0.25) is 0 Å². The molecule has 1 fully saturated rings. The van der Waals surface area contributed by atoms with Crippen LogP contribution in [0.5, 0.6) is 0 Å². The molecule has 10 heavy (non-hydrogen) atoms. The summed E-state index contributed by atoms with van der Waals surface area (Å²) in [5.41, 5.74) is 0. The molecule has 0 radical (unpaired) electrons. The summed E-state index contributed by atoms with van der Waals surface area (Å²) in [7, 11) is 0. The van der Waals surface area contributed by atoms with Crippen molar-refractivity contribution in [3.8, 4) is 0 Å². The van der Waals surface area contributed by atoms with Crippen molar-refractivity contribution in [2.24, 2.45) is 0 Å². The fraction of sp³-hybridized carbons (Fsp3) is 0.714. The fourth-order valence-electron chi connectivity index (χ4n) is 0.999. The van der Waals surface area contributed by atoms with Crippen LogP contribution in [0.2, 0.25) is 13.4 Å². The number of hydrogen-bond acceptors (Lipinski definition) is 1. The SMILES string of the molecule is C=CC[Te]1(I)CCOCC1. The predicted molar refractivity (Wildman–Crippen MR) is 55.2 cm³/mol. The summed E-state index contributed by atoms with van der Waals surface area (Å²) < 4.78 is 9.37. The second kappa shape index (κ2) is 4.30. The van der Waals surface area contributed by atoms with E-state index in [-0.39, 0.29) is 0 Å². The maximum absolute atomic E-state index is 5.32. The van der Waals surface area contributed by atoms with E-state index >= 15 is 0 Å². The third-order valence-corrected chi connectivity index (χ3v) is 17.4. The van der Waals surface area contributed by atoms with Gasteiger partial charge in [0, 0.05) is 0 Å². The van der Waals surface area contributed by atoms with Crippen molar-refractivity contribution >= 4 is 32.9 Å². The molecule has 0 aromatic rings. The van der Waals surface area contributed by atoms with E-state index in [9.17, 15) is 0 Å². The Morgan fingerprint density at radius 1 is 1.50 bits per heavy atom. The first-order valence-electron chi connectivity index (χ1n) is 3.41. The average Bonchev–Trinajstić information content (AvgIpc) is 1.89. The molecule has 0 saturated carbocycles. The Kier molecular flexibility index (Phi) is 4.00. The van der Waals surface area contributed by atoms with Crippen molar-refractivity contribution in [1.82, 2.24) is 0 Å². The Labute approximate surface area is 76.3 Å². The van der Waals surface area contributed by atoms with Crippen molar-refractivity contribution in [3.05, 3.63) is 12.7 Å². The van der Waals surface area contributed by atoms with Crippen LogP contribution in [-0.4, -0.2) is 27.4 Å². The Balaban J connectivity index is 2.39. The minimum absolute atomic E-state index is 1.01. The Hall–Kier alpha value is 1.22. The van der Waals surface area contributed by atoms with E-state index in [1.54, 1.807) is 0 Å². The van der Waals surface area contributed by atoms with Gasteiger partial charge in [-0.25, -0.2) is 0 Å². The van der Waals surface area contributed by atoms with E-state index in [4.69, 9.17) is 4.74 Å². The molecule has 0 aromatic heterocycles. The van der Waals surface area contributed by atoms with E-state index in [1.807, 2.05) is 0 Å². The van der Waals surface area contributed by atoms with Gasteiger partial charge >= 0.3 is 76.9 Å². The Morgan fingerprint density at radius 3 is 2.60 bits per heavy atom. The van der Waals surface area contributed by atoms with E-state index in [2.05, 4.69) is 31.3 Å². The maximum atomic E-state index is 5.32. The van der Waals surface area contributed by atoms with Gasteiger partial charge in [0.15, 0.2) is 0 Å². The molecule has 1 nitrogen and oxygen atoms in total. The first-order valence-corrected chi connectivity index (χ1v) is 15.1. The van der Waals surface area contributed by atoms with E-state index in [0.29, 0.717) is 0 Å². The Bertz CT molecular complexity index is 121. The number of allylic oxidation sites excluding steroid dienone is 1. The molecule has 1 aliphatic rings. The first-order chi connectivity index (χ1) is 4.77. The van der Waals surface area contributed by atoms with Crippen LogP contribution < -0.4 is 0 Å². The van der Waals surface area contributed by atoms with Gasteiger partial charge in [0.25, 0.3) is 0 Å². The van der Waals surface area contributed by atoms with Gasteiger partial charge in [-0.1, -0.05) is 0 Å². The van der Waals surface area contributed by atoms with Gasteiger partial charge in [-0.05, 0) is 0 Å². The third-order valence-electron chi connectivity index (χ3n) is 1.60. The summed E-state index contributed by atoms with van der Waals surface area (Å²) in [6.45, 7) is 5.83. The molecule has 0 aliphatic carbocycles. The second-order valence-electron chi connectivity index (χ2n) is 2.42. The summed E-state index contributed by atoms with van der Waals surface area (Å²) in [6.07, 6.45) is 2.10. The van der Waals surface area contributed by atoms with Gasteiger partial charge in [0.05, 0.1) is 0 Å². The zero-order valence-corrected chi connectivity index (χ0v) is 10.5. The molecule has 0 unspecified atom stereocenters. The van der Waals surface area contributed by atoms with Gasteiger partial charge in [0.2, 0.25) is 0 Å². The molecule has 0 atom stereocenters. The van der Waals surface area contributed by atoms with Crippen molar-refractivity contribution in [3.63, 3.8) is 0 Å². The van der Waals surface area contributed by atoms with Gasteiger partial charge < -0.3 is 0 Å². The number of ether oxygens (including phenoxy) is 1. The normalized spacial score (nSPS) is 27.3. The zero-order valence-electron chi connectivity index (χ0n) is 6.01. The molecule has 0 aromatic carbocycles. The zero-order chi connectivity index (χ0) is 7.45. The standard InChI is InChI=1S/C7H13IOTe/c1-2-5-10(8)6-3-9-4-7-10/h2H,1,3-7H2. The van der Waals surface area contributed by atoms with E-state index in [1.165, 1.54) is 13.4 Å². The quantitative estimate of drug-likeness (QED) is 0.414. The van der Waals surface area contributed by atoms with Crippen LogP contribution in [0.4, 0.5) is 0 Å². The van der Waals surface area contributed by atoms with Crippen molar-refractivity contribution < 1.29 is 4.74 Å². The third kappa shape index (κ3) is 2.69. The average molecular weight is 368 g/mol. The molecule has 3 heteroatoms. The molecular weight excluding hydrogens is 355 g/mol. The van der Waals surface area contributed by atoms with E-state index in [0.717, 1.165) is 13.2 Å². The number of halogens is 1. The summed E-state index contributed by atoms with van der Waals surface area (Å²) >= 11 is 1.32. The fourth-order valence-corrected chi connectivity index (χ4v) is 10.2. The van der Waals surface area contributed by atoms with Gasteiger partial charge in [0.1, 0.15) is 0 Å². The number of rotatable bonds is 2. The van der Waals surface area contributed by atoms with Gasteiger partial charge in [-0.15, -0.1) is 0 Å². The van der Waals surface area contributed by atoms with Crippen LogP contribution in [0.25, 0.3) is 0 Å². The minimum atomic E-state index is -1.41. The molecule has 0 N–H and O–H groups in total. The first kappa shape index (κ1) is 9.31. The molecule has 0 amide bonds. The monoisotopic (exact) mass is 370 g/mol. The summed E-state index contributed by atoms with van der Waals surface area (Å²) in [6, 6.07) is 0. The van der Waals surface area contributed by atoms with Crippen LogP contribution >= 0.6 is 18.7 Å². The molecule has 0 bridgehead atoms. The van der Waals surface area contributed by atoms with Crippen LogP contribution in [-0.2, 0) is 4.74 Å². The summed E-state index contributed by atoms with van der Waals surface area (Å²) in [4.78, 5) is 0. The molecular formula is C7H13IOTe. The van der Waals surface area contributed by atoms with Crippen LogP contribution in [0, 0.1) is 0 Å². The number of hydrogen-bond donors (Lipinski definition) is 0. The second-order valence-corrected chi connectivity index (χ2v) is 23.6. The summed E-state index contributed by atoms with van der Waals surface area (Å²) in [5.74, 6) is 0. The van der Waals surface area contributed by atoms with Crippen LogP contribution in [0.15, 0.2) is 12.7 Å². The molecule has 1 aliphatic heterocycles. The van der Waals surface area contributed by atoms with Gasteiger partial charge in [-0.2, -0.15) is 0 Å². The molecule has 1 heterocycles. The topological polar surface area (TPSA) is 9.23 Å². The molecule has 1 saturated heterocycles. The van der Waals surface area contributed by atoms with Crippen LogP contribution in [0.1, 0.15) is 0 Å². The molecule has 0 spiro atoms. The predicted octanol–water partition coefficient (Wildman–Crippen LogP) is 2.58. The van der Waals surface area contributed by atoms with Crippen molar-refractivity contribution in [2.45, 2.75) is 13.4 Å². The molecule has 60 valence electrons. The molecule has 1 rings (SSSR count). The van der Waals surface area contributed by atoms with Crippen molar-refractivity contribution in [1.29, 1.82) is 0 Å². The van der Waals surface area contributed by atoms with Crippen molar-refractivity contribution in [2.75, 3.05) is 13.2 Å². The van der Waals surface area contributed by atoms with Crippen LogP contribution in [0.3, 0.4) is 0 Å². The Morgan fingerprint density at radius 2 is 2.10 bits per heavy atom. The van der Waals surface area contributed by atoms with E-state index < -0.39 is 14.2 Å². The summed E-state index contributed by atoms with van der Waals surface area (Å²) in [5, 5.41) is 0.